The normalized spacial score (nSPS) is 14.1. The molecule has 1 aromatic heterocycles. The molecule has 1 aliphatic rings. The lowest BCUT2D eigenvalue weighted by Crippen LogP contribution is -2.08. The van der Waals surface area contributed by atoms with E-state index in [1.807, 2.05) is 30.3 Å². The number of carbonyl (C=O) groups is 2. The van der Waals surface area contributed by atoms with Gasteiger partial charge in [0.05, 0.1) is 27.0 Å². The Hall–Kier alpha value is -4.33. The van der Waals surface area contributed by atoms with Crippen molar-refractivity contribution in [2.45, 2.75) is 18.9 Å². The molecular weight excluding hydrogens is 446 g/mol. The second kappa shape index (κ2) is 10.7. The van der Waals surface area contributed by atoms with Crippen molar-refractivity contribution in [2.24, 2.45) is 10.2 Å². The van der Waals surface area contributed by atoms with Crippen LogP contribution in [0.15, 0.2) is 77.1 Å². The number of hydrogen-bond acceptors (Lipinski definition) is 8. The van der Waals surface area contributed by atoms with E-state index in [2.05, 4.69) is 15.2 Å². The predicted molar refractivity (Wildman–Crippen MR) is 130 cm³/mol. The number of aromatic nitrogens is 1. The van der Waals surface area contributed by atoms with Crippen molar-refractivity contribution in [3.05, 3.63) is 83.7 Å². The summed E-state index contributed by atoms with van der Waals surface area (Å²) in [7, 11) is 4.57. The molecule has 0 bridgehead atoms. The maximum atomic E-state index is 12.9. The summed E-state index contributed by atoms with van der Waals surface area (Å²) in [4.78, 5) is 30.2. The van der Waals surface area contributed by atoms with Crippen LogP contribution < -0.4 is 14.2 Å². The van der Waals surface area contributed by atoms with E-state index in [-0.39, 0.29) is 36.1 Å². The van der Waals surface area contributed by atoms with E-state index in [4.69, 9.17) is 14.2 Å². The van der Waals surface area contributed by atoms with Gasteiger partial charge in [-0.2, -0.15) is 10.2 Å². The third-order valence-electron chi connectivity index (χ3n) is 5.68. The van der Waals surface area contributed by atoms with Crippen molar-refractivity contribution in [2.75, 3.05) is 21.3 Å². The Bertz CT molecular complexity index is 1290. The SMILES string of the molecule is COc1cc(C(=O)CCC(=O)c2ccc(OC)c(OC)c2)nc(-c2ccc(C3C=CN=N3)cc2)c1. The second-order valence-electron chi connectivity index (χ2n) is 7.83. The molecule has 0 spiro atoms. The number of ketones is 2. The zero-order chi connectivity index (χ0) is 24.8. The second-order valence-corrected chi connectivity index (χ2v) is 7.83. The molecule has 1 aliphatic heterocycles. The molecule has 0 saturated carbocycles. The molecule has 2 heterocycles. The zero-order valence-electron chi connectivity index (χ0n) is 19.7. The van der Waals surface area contributed by atoms with Gasteiger partial charge in [0.25, 0.3) is 0 Å². The standard InChI is InChI=1S/C27H25N3O5/c1-33-20-15-22(18-6-4-17(5-7-18)21-12-13-28-30-21)29-23(16-20)25(32)10-9-24(31)19-8-11-26(34-2)27(14-19)35-3/h4-8,11-16,21H,9-10H2,1-3H3. The van der Waals surface area contributed by atoms with Gasteiger partial charge in [0.2, 0.25) is 0 Å². The van der Waals surface area contributed by atoms with Crippen molar-refractivity contribution < 1.29 is 23.8 Å². The van der Waals surface area contributed by atoms with E-state index < -0.39 is 0 Å². The number of azo groups is 1. The Balaban J connectivity index is 1.49. The fraction of sp³-hybridized carbons (Fsp3) is 0.222. The lowest BCUT2D eigenvalue weighted by atomic mass is 10.0. The molecule has 0 aliphatic carbocycles. The first-order valence-electron chi connectivity index (χ1n) is 11.0. The topological polar surface area (TPSA) is 99.4 Å². The predicted octanol–water partition coefficient (Wildman–Crippen LogP) is 5.64. The van der Waals surface area contributed by atoms with Gasteiger partial charge >= 0.3 is 0 Å². The summed E-state index contributed by atoms with van der Waals surface area (Å²) in [6.45, 7) is 0. The van der Waals surface area contributed by atoms with Crippen molar-refractivity contribution in [1.82, 2.24) is 4.98 Å². The molecule has 8 heteroatoms. The maximum absolute atomic E-state index is 12.9. The molecule has 1 unspecified atom stereocenters. The summed E-state index contributed by atoms with van der Waals surface area (Å²) in [6, 6.07) is 16.0. The zero-order valence-corrected chi connectivity index (χ0v) is 19.7. The van der Waals surface area contributed by atoms with E-state index in [1.54, 1.807) is 36.5 Å². The molecule has 4 rings (SSSR count). The molecule has 8 nitrogen and oxygen atoms in total. The smallest absolute Gasteiger partial charge is 0.181 e. The van der Waals surface area contributed by atoms with E-state index in [0.29, 0.717) is 28.5 Å². The summed E-state index contributed by atoms with van der Waals surface area (Å²) in [6.07, 6.45) is 3.65. The molecule has 0 fully saturated rings. The Labute approximate surface area is 203 Å². The first-order valence-corrected chi connectivity index (χ1v) is 11.0. The molecule has 3 aromatic rings. The van der Waals surface area contributed by atoms with E-state index >= 15 is 0 Å². The average molecular weight is 472 g/mol. The average Bonchev–Trinajstić information content (AvgIpc) is 3.46. The summed E-state index contributed by atoms with van der Waals surface area (Å²) < 4.78 is 15.9. The summed E-state index contributed by atoms with van der Waals surface area (Å²) in [5.41, 5.74) is 3.15. The monoisotopic (exact) mass is 471 g/mol. The van der Waals surface area contributed by atoms with Gasteiger partial charge in [-0.3, -0.25) is 9.59 Å². The van der Waals surface area contributed by atoms with Gasteiger partial charge < -0.3 is 14.2 Å². The minimum absolute atomic E-state index is 0.0186. The van der Waals surface area contributed by atoms with Gasteiger partial charge in [0, 0.05) is 42.3 Å². The third-order valence-corrected chi connectivity index (χ3v) is 5.68. The number of rotatable bonds is 10. The van der Waals surface area contributed by atoms with Crippen molar-refractivity contribution in [1.29, 1.82) is 0 Å². The number of carbonyl (C=O) groups excluding carboxylic acids is 2. The van der Waals surface area contributed by atoms with Crippen LogP contribution >= 0.6 is 0 Å². The molecule has 2 aromatic carbocycles. The van der Waals surface area contributed by atoms with Gasteiger partial charge in [-0.05, 0) is 29.8 Å². The fourth-order valence-corrected chi connectivity index (χ4v) is 3.72. The van der Waals surface area contributed by atoms with Gasteiger partial charge in [-0.25, -0.2) is 4.98 Å². The minimum Gasteiger partial charge on any atom is -0.497 e. The lowest BCUT2D eigenvalue weighted by Gasteiger charge is -2.10. The van der Waals surface area contributed by atoms with Crippen LogP contribution in [0.3, 0.4) is 0 Å². The Kier molecular flexibility index (Phi) is 7.30. The van der Waals surface area contributed by atoms with Crippen LogP contribution in [0.4, 0.5) is 0 Å². The molecule has 1 atom stereocenters. The van der Waals surface area contributed by atoms with Gasteiger partial charge in [-0.15, -0.1) is 0 Å². The molecule has 0 N–H and O–H groups in total. The molecule has 0 saturated heterocycles. The van der Waals surface area contributed by atoms with E-state index in [1.165, 1.54) is 21.3 Å². The molecule has 0 amide bonds. The van der Waals surface area contributed by atoms with Crippen LogP contribution in [-0.4, -0.2) is 37.9 Å². The minimum atomic E-state index is -0.243. The quantitative estimate of drug-likeness (QED) is 0.355. The van der Waals surface area contributed by atoms with Crippen molar-refractivity contribution in [3.63, 3.8) is 0 Å². The highest BCUT2D eigenvalue weighted by molar-refractivity contribution is 6.02. The number of methoxy groups -OCH3 is 3. The first-order chi connectivity index (χ1) is 17.0. The van der Waals surface area contributed by atoms with Crippen molar-refractivity contribution in [3.8, 4) is 28.5 Å². The largest absolute Gasteiger partial charge is 0.497 e. The van der Waals surface area contributed by atoms with Crippen LogP contribution in [0.1, 0.15) is 45.3 Å². The van der Waals surface area contributed by atoms with Gasteiger partial charge in [0.15, 0.2) is 23.1 Å². The fourth-order valence-electron chi connectivity index (χ4n) is 3.72. The highest BCUT2D eigenvalue weighted by atomic mass is 16.5. The number of ether oxygens (including phenoxy) is 3. The summed E-state index contributed by atoms with van der Waals surface area (Å²) in [5.74, 6) is 1.09. The van der Waals surface area contributed by atoms with Crippen LogP contribution in [0, 0.1) is 0 Å². The Morgan fingerprint density at radius 3 is 2.23 bits per heavy atom. The van der Waals surface area contributed by atoms with Crippen LogP contribution in [-0.2, 0) is 0 Å². The number of nitrogens with zero attached hydrogens (tertiary/aromatic N) is 3. The van der Waals surface area contributed by atoms with Crippen LogP contribution in [0.5, 0.6) is 17.2 Å². The number of Topliss-reactive ketones (excluding diaryl/α,β-unsaturated/α-hetero) is 2. The number of hydrogen-bond donors (Lipinski definition) is 0. The van der Waals surface area contributed by atoms with Crippen molar-refractivity contribution >= 4 is 11.6 Å². The van der Waals surface area contributed by atoms with Crippen LogP contribution in [0.2, 0.25) is 0 Å². The highest BCUT2D eigenvalue weighted by Gasteiger charge is 2.17. The van der Waals surface area contributed by atoms with E-state index in [9.17, 15) is 9.59 Å². The molecule has 35 heavy (non-hydrogen) atoms. The third kappa shape index (κ3) is 5.43. The first kappa shape index (κ1) is 23.8. The Morgan fingerprint density at radius 2 is 1.57 bits per heavy atom. The van der Waals surface area contributed by atoms with E-state index in [0.717, 1.165) is 11.1 Å². The molecule has 178 valence electrons. The van der Waals surface area contributed by atoms with Gasteiger partial charge in [0.1, 0.15) is 17.5 Å². The maximum Gasteiger partial charge on any atom is 0.181 e. The van der Waals surface area contributed by atoms with Crippen LogP contribution in [0.25, 0.3) is 11.3 Å². The van der Waals surface area contributed by atoms with Gasteiger partial charge in [-0.1, -0.05) is 24.3 Å². The molecular formula is C27H25N3O5. The summed E-state index contributed by atoms with van der Waals surface area (Å²) >= 11 is 0. The highest BCUT2D eigenvalue weighted by Crippen LogP contribution is 2.30. The Morgan fingerprint density at radius 1 is 0.829 bits per heavy atom. The number of benzene rings is 2. The number of pyridine rings is 1. The lowest BCUT2D eigenvalue weighted by molar-refractivity contribution is 0.0914. The summed E-state index contributed by atoms with van der Waals surface area (Å²) in [5, 5.41) is 8.02. The molecule has 0 radical (unpaired) electrons.